The highest BCUT2D eigenvalue weighted by Crippen LogP contribution is 2.08. The molecule has 0 aromatic heterocycles. The quantitative estimate of drug-likeness (QED) is 0.614. The molecule has 0 aliphatic carbocycles. The highest BCUT2D eigenvalue weighted by molar-refractivity contribution is 5.84. The third-order valence-corrected chi connectivity index (χ3v) is 4.42. The topological polar surface area (TPSA) is 85.1 Å². The molecule has 1 aliphatic heterocycles. The SMILES string of the molecule is CCOC(=O)CC(OCCN1CCN(Cc2ccccc2)CC1)C(N)=O. The van der Waals surface area contributed by atoms with Crippen molar-refractivity contribution >= 4 is 11.9 Å². The normalized spacial score (nSPS) is 17.0. The molecule has 1 aromatic carbocycles. The van der Waals surface area contributed by atoms with E-state index in [4.69, 9.17) is 15.2 Å². The van der Waals surface area contributed by atoms with Crippen LogP contribution in [-0.2, 0) is 25.6 Å². The molecule has 2 rings (SSSR count). The fourth-order valence-corrected chi connectivity index (χ4v) is 2.95. The smallest absolute Gasteiger partial charge is 0.308 e. The summed E-state index contributed by atoms with van der Waals surface area (Å²) in [6, 6.07) is 10.5. The molecule has 1 aliphatic rings. The lowest BCUT2D eigenvalue weighted by molar-refractivity contribution is -0.150. The maximum atomic E-state index is 11.5. The van der Waals surface area contributed by atoms with Crippen LogP contribution in [0.3, 0.4) is 0 Å². The molecule has 1 aromatic rings. The van der Waals surface area contributed by atoms with Gasteiger partial charge in [-0.25, -0.2) is 0 Å². The first-order chi connectivity index (χ1) is 12.6. The lowest BCUT2D eigenvalue weighted by atomic mass is 10.2. The fraction of sp³-hybridized carbons (Fsp3) is 0.579. The summed E-state index contributed by atoms with van der Waals surface area (Å²) in [5.41, 5.74) is 6.63. The van der Waals surface area contributed by atoms with Crippen LogP contribution in [0.1, 0.15) is 18.9 Å². The lowest BCUT2D eigenvalue weighted by Gasteiger charge is -2.34. The van der Waals surface area contributed by atoms with Gasteiger partial charge in [0.2, 0.25) is 5.91 Å². The van der Waals surface area contributed by atoms with Gasteiger partial charge in [0.25, 0.3) is 0 Å². The molecule has 1 atom stereocenters. The van der Waals surface area contributed by atoms with Crippen LogP contribution < -0.4 is 5.73 Å². The summed E-state index contributed by atoms with van der Waals surface area (Å²) in [5, 5.41) is 0. The van der Waals surface area contributed by atoms with E-state index in [9.17, 15) is 9.59 Å². The molecule has 144 valence electrons. The number of rotatable bonds is 10. The Balaban J connectivity index is 1.65. The third kappa shape index (κ3) is 7.11. The molecule has 7 nitrogen and oxygen atoms in total. The summed E-state index contributed by atoms with van der Waals surface area (Å²) in [5.74, 6) is -1.10. The summed E-state index contributed by atoms with van der Waals surface area (Å²) in [7, 11) is 0. The van der Waals surface area contributed by atoms with Gasteiger partial charge in [0.1, 0.15) is 6.10 Å². The van der Waals surface area contributed by atoms with Crippen molar-refractivity contribution in [3.63, 3.8) is 0 Å². The lowest BCUT2D eigenvalue weighted by Crippen LogP contribution is -2.47. The number of ether oxygens (including phenoxy) is 2. The number of benzene rings is 1. The minimum atomic E-state index is -0.923. The van der Waals surface area contributed by atoms with Gasteiger partial charge in [-0.1, -0.05) is 30.3 Å². The predicted octanol–water partition coefficient (Wildman–Crippen LogP) is 0.628. The highest BCUT2D eigenvalue weighted by Gasteiger charge is 2.22. The van der Waals surface area contributed by atoms with Crippen LogP contribution in [0.5, 0.6) is 0 Å². The zero-order valence-electron chi connectivity index (χ0n) is 15.4. The average molecular weight is 363 g/mol. The van der Waals surface area contributed by atoms with E-state index < -0.39 is 18.0 Å². The van der Waals surface area contributed by atoms with Crippen molar-refractivity contribution in [1.82, 2.24) is 9.80 Å². The van der Waals surface area contributed by atoms with Crippen molar-refractivity contribution in [2.75, 3.05) is 45.9 Å². The molecule has 26 heavy (non-hydrogen) atoms. The second-order valence-corrected chi connectivity index (χ2v) is 6.37. The minimum Gasteiger partial charge on any atom is -0.466 e. The van der Waals surface area contributed by atoms with Gasteiger partial charge in [0.05, 0.1) is 19.6 Å². The number of carbonyl (C=O) groups excluding carboxylic acids is 2. The van der Waals surface area contributed by atoms with Crippen LogP contribution in [0.25, 0.3) is 0 Å². The van der Waals surface area contributed by atoms with Crippen LogP contribution >= 0.6 is 0 Å². The molecule has 1 unspecified atom stereocenters. The number of hydrogen-bond acceptors (Lipinski definition) is 6. The fourth-order valence-electron chi connectivity index (χ4n) is 2.95. The Morgan fingerprint density at radius 2 is 1.77 bits per heavy atom. The molecular weight excluding hydrogens is 334 g/mol. The van der Waals surface area contributed by atoms with Gasteiger partial charge in [0.15, 0.2) is 0 Å². The largest absolute Gasteiger partial charge is 0.466 e. The van der Waals surface area contributed by atoms with Gasteiger partial charge in [-0.05, 0) is 12.5 Å². The number of nitrogens with zero attached hydrogens (tertiary/aromatic N) is 2. The molecule has 7 heteroatoms. The maximum absolute atomic E-state index is 11.5. The molecule has 1 fully saturated rings. The second-order valence-electron chi connectivity index (χ2n) is 6.37. The number of piperazine rings is 1. The summed E-state index contributed by atoms with van der Waals surface area (Å²) in [6.07, 6.45) is -1.05. The van der Waals surface area contributed by atoms with Gasteiger partial charge < -0.3 is 15.2 Å². The first-order valence-corrected chi connectivity index (χ1v) is 9.13. The Morgan fingerprint density at radius 3 is 2.38 bits per heavy atom. The van der Waals surface area contributed by atoms with Crippen LogP contribution in [0, 0.1) is 0 Å². The van der Waals surface area contributed by atoms with Crippen LogP contribution in [0.2, 0.25) is 0 Å². The Bertz CT molecular complexity index is 559. The molecule has 0 spiro atoms. The van der Waals surface area contributed by atoms with Crippen LogP contribution in [0.4, 0.5) is 0 Å². The number of primary amides is 1. The van der Waals surface area contributed by atoms with Gasteiger partial charge in [-0.2, -0.15) is 0 Å². The molecule has 1 heterocycles. The first-order valence-electron chi connectivity index (χ1n) is 9.13. The molecule has 0 saturated carbocycles. The number of hydrogen-bond donors (Lipinski definition) is 1. The number of nitrogens with two attached hydrogens (primary N) is 1. The van der Waals surface area contributed by atoms with Crippen LogP contribution in [0.15, 0.2) is 30.3 Å². The van der Waals surface area contributed by atoms with E-state index in [1.165, 1.54) is 5.56 Å². The summed E-state index contributed by atoms with van der Waals surface area (Å²) in [6.45, 7) is 7.94. The Morgan fingerprint density at radius 1 is 1.12 bits per heavy atom. The zero-order chi connectivity index (χ0) is 18.8. The van der Waals surface area contributed by atoms with Gasteiger partial charge in [-0.3, -0.25) is 19.4 Å². The Hall–Kier alpha value is -1.96. The average Bonchev–Trinajstić information content (AvgIpc) is 2.63. The maximum Gasteiger partial charge on any atom is 0.308 e. The van der Waals surface area contributed by atoms with Crippen molar-refractivity contribution in [3.8, 4) is 0 Å². The van der Waals surface area contributed by atoms with Gasteiger partial charge in [-0.15, -0.1) is 0 Å². The number of amides is 1. The first kappa shape index (κ1) is 20.4. The van der Waals surface area contributed by atoms with E-state index in [1.807, 2.05) is 6.07 Å². The standard InChI is InChI=1S/C19H29N3O4/c1-2-25-18(23)14-17(19(20)24)26-13-12-21-8-10-22(11-9-21)15-16-6-4-3-5-7-16/h3-7,17H,2,8-15H2,1H3,(H2,20,24). The Kier molecular flexibility index (Phi) is 8.53. The second kappa shape index (κ2) is 10.9. The number of carbonyl (C=O) groups is 2. The summed E-state index contributed by atoms with van der Waals surface area (Å²) >= 11 is 0. The monoisotopic (exact) mass is 363 g/mol. The predicted molar refractivity (Wildman–Crippen MR) is 98.3 cm³/mol. The minimum absolute atomic E-state index is 0.131. The van der Waals surface area contributed by atoms with Gasteiger partial charge >= 0.3 is 5.97 Å². The zero-order valence-corrected chi connectivity index (χ0v) is 15.4. The van der Waals surface area contributed by atoms with E-state index in [0.717, 1.165) is 32.7 Å². The Labute approximate surface area is 155 Å². The van der Waals surface area contributed by atoms with Crippen LogP contribution in [-0.4, -0.2) is 73.7 Å². The molecule has 1 saturated heterocycles. The van der Waals surface area contributed by atoms with Gasteiger partial charge in [0, 0.05) is 39.3 Å². The molecule has 2 N–H and O–H groups in total. The van der Waals surface area contributed by atoms with E-state index >= 15 is 0 Å². The molecule has 0 radical (unpaired) electrons. The van der Waals surface area contributed by atoms with E-state index in [2.05, 4.69) is 34.1 Å². The molecule has 1 amide bonds. The summed E-state index contributed by atoms with van der Waals surface area (Å²) < 4.78 is 10.4. The van der Waals surface area contributed by atoms with Crippen molar-refractivity contribution in [2.24, 2.45) is 5.73 Å². The molecular formula is C19H29N3O4. The highest BCUT2D eigenvalue weighted by atomic mass is 16.5. The van der Waals surface area contributed by atoms with E-state index in [1.54, 1.807) is 6.92 Å². The van der Waals surface area contributed by atoms with Crippen molar-refractivity contribution in [2.45, 2.75) is 26.0 Å². The summed E-state index contributed by atoms with van der Waals surface area (Å²) in [4.78, 5) is 27.6. The number of esters is 1. The molecule has 0 bridgehead atoms. The van der Waals surface area contributed by atoms with E-state index in [0.29, 0.717) is 13.2 Å². The van der Waals surface area contributed by atoms with Crippen molar-refractivity contribution < 1.29 is 19.1 Å². The van der Waals surface area contributed by atoms with E-state index in [-0.39, 0.29) is 13.0 Å². The van der Waals surface area contributed by atoms with Crippen molar-refractivity contribution in [1.29, 1.82) is 0 Å². The van der Waals surface area contributed by atoms with Crippen molar-refractivity contribution in [3.05, 3.63) is 35.9 Å². The third-order valence-electron chi connectivity index (χ3n) is 4.42.